The lowest BCUT2D eigenvalue weighted by molar-refractivity contribution is 0.375. The SMILES string of the molecule is C=Cc1cc2c(c(N=C)c1)N(Cc1cc3ccccc3n1CC1=CC=NCC1F)CCC2. The van der Waals surface area contributed by atoms with Crippen LogP contribution in [0, 0.1) is 0 Å². The van der Waals surface area contributed by atoms with Gasteiger partial charge in [0.1, 0.15) is 6.17 Å². The molecule has 0 radical (unpaired) electrons. The van der Waals surface area contributed by atoms with E-state index in [1.807, 2.05) is 30.4 Å². The molecule has 1 unspecified atom stereocenters. The summed E-state index contributed by atoms with van der Waals surface area (Å²) in [5.41, 5.74) is 7.47. The number of dihydropyridines is 1. The van der Waals surface area contributed by atoms with E-state index in [-0.39, 0.29) is 6.54 Å². The molecule has 0 N–H and O–H groups in total. The predicted octanol–water partition coefficient (Wildman–Crippen LogP) is 5.92. The van der Waals surface area contributed by atoms with Crippen molar-refractivity contribution in [2.24, 2.45) is 9.98 Å². The lowest BCUT2D eigenvalue weighted by Crippen LogP contribution is -2.30. The molecule has 1 aromatic heterocycles. The van der Waals surface area contributed by atoms with Crippen LogP contribution in [0.4, 0.5) is 15.8 Å². The first-order valence-corrected chi connectivity index (χ1v) is 11.1. The minimum Gasteiger partial charge on any atom is -0.364 e. The van der Waals surface area contributed by atoms with Crippen molar-refractivity contribution in [3.63, 3.8) is 0 Å². The Balaban J connectivity index is 1.56. The number of aromatic nitrogens is 1. The number of para-hydroxylation sites is 1. The normalized spacial score (nSPS) is 17.8. The van der Waals surface area contributed by atoms with E-state index < -0.39 is 6.17 Å². The fraction of sp³-hybridized carbons (Fsp3) is 0.259. The van der Waals surface area contributed by atoms with Gasteiger partial charge < -0.3 is 9.47 Å². The molecule has 32 heavy (non-hydrogen) atoms. The first kappa shape index (κ1) is 20.4. The zero-order valence-corrected chi connectivity index (χ0v) is 18.2. The summed E-state index contributed by atoms with van der Waals surface area (Å²) in [6.07, 6.45) is 6.47. The number of fused-ring (bicyclic) bond motifs is 2. The Bertz CT molecular complexity index is 1250. The number of aryl methyl sites for hydroxylation is 1. The minimum atomic E-state index is -1.03. The average molecular weight is 427 g/mol. The van der Waals surface area contributed by atoms with Gasteiger partial charge in [0.05, 0.1) is 24.5 Å². The molecule has 0 saturated heterocycles. The number of anilines is 1. The monoisotopic (exact) mass is 426 g/mol. The predicted molar refractivity (Wildman–Crippen MR) is 133 cm³/mol. The summed E-state index contributed by atoms with van der Waals surface area (Å²) in [7, 11) is 0. The Morgan fingerprint density at radius 2 is 2.06 bits per heavy atom. The maximum Gasteiger partial charge on any atom is 0.143 e. The molecule has 4 nitrogen and oxygen atoms in total. The Morgan fingerprint density at radius 1 is 1.19 bits per heavy atom. The molecule has 5 rings (SSSR count). The van der Waals surface area contributed by atoms with Gasteiger partial charge in [-0.2, -0.15) is 0 Å². The van der Waals surface area contributed by atoms with E-state index in [9.17, 15) is 4.39 Å². The van der Waals surface area contributed by atoms with E-state index in [4.69, 9.17) is 0 Å². The Labute approximate surface area is 188 Å². The molecule has 0 bridgehead atoms. The lowest BCUT2D eigenvalue weighted by atomic mass is 9.97. The summed E-state index contributed by atoms with van der Waals surface area (Å²) in [6.45, 7) is 10.1. The van der Waals surface area contributed by atoms with Gasteiger partial charge in [-0.05, 0) is 72.0 Å². The van der Waals surface area contributed by atoms with Crippen molar-refractivity contribution in [2.45, 2.75) is 32.1 Å². The summed E-state index contributed by atoms with van der Waals surface area (Å²) < 4.78 is 16.8. The highest BCUT2D eigenvalue weighted by Crippen LogP contribution is 2.39. The van der Waals surface area contributed by atoms with Crippen LogP contribution in [0.25, 0.3) is 17.0 Å². The molecule has 0 spiro atoms. The third-order valence-electron chi connectivity index (χ3n) is 6.44. The van der Waals surface area contributed by atoms with Crippen molar-refractivity contribution in [1.29, 1.82) is 0 Å². The second-order valence-electron chi connectivity index (χ2n) is 8.44. The summed E-state index contributed by atoms with van der Waals surface area (Å²) in [5.74, 6) is 0. The van der Waals surface area contributed by atoms with Crippen LogP contribution in [0.5, 0.6) is 0 Å². The maximum absolute atomic E-state index is 14.6. The third kappa shape index (κ3) is 3.68. The van der Waals surface area contributed by atoms with Crippen LogP contribution in [-0.2, 0) is 19.5 Å². The van der Waals surface area contributed by atoms with Crippen LogP contribution in [0.1, 0.15) is 23.2 Å². The highest BCUT2D eigenvalue weighted by Gasteiger charge is 2.24. The van der Waals surface area contributed by atoms with Crippen molar-refractivity contribution in [1.82, 2.24) is 4.57 Å². The lowest BCUT2D eigenvalue weighted by Gasteiger charge is -2.33. The van der Waals surface area contributed by atoms with E-state index >= 15 is 0 Å². The van der Waals surface area contributed by atoms with Crippen molar-refractivity contribution in [2.75, 3.05) is 18.0 Å². The van der Waals surface area contributed by atoms with Crippen molar-refractivity contribution in [3.05, 3.63) is 77.5 Å². The van der Waals surface area contributed by atoms with E-state index in [0.717, 1.165) is 59.7 Å². The maximum atomic E-state index is 14.6. The van der Waals surface area contributed by atoms with Crippen molar-refractivity contribution in [3.8, 4) is 0 Å². The van der Waals surface area contributed by atoms with Crippen molar-refractivity contribution < 1.29 is 4.39 Å². The van der Waals surface area contributed by atoms with Gasteiger partial charge in [0.2, 0.25) is 0 Å². The van der Waals surface area contributed by atoms with Crippen LogP contribution in [0.15, 0.2) is 70.7 Å². The molecule has 2 aliphatic heterocycles. The molecule has 0 amide bonds. The van der Waals surface area contributed by atoms with Crippen LogP contribution in [0.2, 0.25) is 0 Å². The summed E-state index contributed by atoms with van der Waals surface area (Å²) in [5, 5.41) is 1.17. The largest absolute Gasteiger partial charge is 0.364 e. The molecule has 3 aromatic rings. The number of halogens is 1. The van der Waals surface area contributed by atoms with Gasteiger partial charge in [-0.15, -0.1) is 0 Å². The average Bonchev–Trinajstić information content (AvgIpc) is 3.16. The smallest absolute Gasteiger partial charge is 0.143 e. The highest BCUT2D eigenvalue weighted by molar-refractivity contribution is 5.82. The minimum absolute atomic E-state index is 0.208. The van der Waals surface area contributed by atoms with Crippen LogP contribution < -0.4 is 4.90 Å². The van der Waals surface area contributed by atoms with Crippen LogP contribution in [0.3, 0.4) is 0 Å². The fourth-order valence-corrected chi connectivity index (χ4v) is 4.86. The number of benzene rings is 2. The first-order chi connectivity index (χ1) is 15.7. The van der Waals surface area contributed by atoms with Gasteiger partial charge in [0, 0.05) is 30.5 Å². The number of hydrogen-bond acceptors (Lipinski definition) is 3. The van der Waals surface area contributed by atoms with Gasteiger partial charge in [-0.1, -0.05) is 30.9 Å². The second kappa shape index (κ2) is 8.58. The van der Waals surface area contributed by atoms with E-state index in [0.29, 0.717) is 6.54 Å². The molecule has 0 aliphatic carbocycles. The van der Waals surface area contributed by atoms with E-state index in [1.165, 1.54) is 10.9 Å². The standard InChI is InChI=1S/C27H27FN4/c1-3-19-13-21-8-6-12-31(27(21)25(14-19)29-2)18-23-15-20-7-4-5-9-26(20)32(23)17-22-10-11-30-16-24(22)28/h3-5,7,9-11,13-15,24H,1-2,6,8,12,16-18H2. The molecule has 0 fully saturated rings. The molecule has 0 saturated carbocycles. The number of hydrogen-bond donors (Lipinski definition) is 0. The number of aliphatic imine (C=N–C) groups is 2. The topological polar surface area (TPSA) is 32.9 Å². The van der Waals surface area contributed by atoms with Gasteiger partial charge in [0.25, 0.3) is 0 Å². The van der Waals surface area contributed by atoms with Crippen LogP contribution >= 0.6 is 0 Å². The first-order valence-electron chi connectivity index (χ1n) is 11.1. The Morgan fingerprint density at radius 3 is 2.88 bits per heavy atom. The second-order valence-corrected chi connectivity index (χ2v) is 8.44. The molecular weight excluding hydrogens is 399 g/mol. The zero-order chi connectivity index (χ0) is 22.1. The van der Waals surface area contributed by atoms with E-state index in [1.54, 1.807) is 6.21 Å². The molecule has 162 valence electrons. The fourth-order valence-electron chi connectivity index (χ4n) is 4.86. The van der Waals surface area contributed by atoms with Gasteiger partial charge in [0.15, 0.2) is 0 Å². The van der Waals surface area contributed by atoms with Gasteiger partial charge >= 0.3 is 0 Å². The summed E-state index contributed by atoms with van der Waals surface area (Å²) in [4.78, 5) is 10.8. The van der Waals surface area contributed by atoms with Gasteiger partial charge in [-0.3, -0.25) is 9.98 Å². The molecule has 1 atom stereocenters. The number of rotatable bonds is 6. The quantitative estimate of drug-likeness (QED) is 0.451. The number of alkyl halides is 1. The van der Waals surface area contributed by atoms with E-state index in [2.05, 4.69) is 57.0 Å². The van der Waals surface area contributed by atoms with Crippen LogP contribution in [-0.4, -0.2) is 36.8 Å². The molecule has 2 aliphatic rings. The molecule has 2 aromatic carbocycles. The van der Waals surface area contributed by atoms with Crippen molar-refractivity contribution >= 4 is 41.3 Å². The molecular formula is C27H27FN4. The molecule has 3 heterocycles. The third-order valence-corrected chi connectivity index (χ3v) is 6.44. The summed E-state index contributed by atoms with van der Waals surface area (Å²) >= 11 is 0. The Kier molecular flexibility index (Phi) is 5.48. The summed E-state index contributed by atoms with van der Waals surface area (Å²) in [6, 6.07) is 14.8. The molecule has 5 heteroatoms. The van der Waals surface area contributed by atoms with Gasteiger partial charge in [-0.25, -0.2) is 4.39 Å². The zero-order valence-electron chi connectivity index (χ0n) is 18.2. The number of nitrogens with zero attached hydrogens (tertiary/aromatic N) is 4. The highest BCUT2D eigenvalue weighted by atomic mass is 19.1. The Hall–Kier alpha value is -3.47. The number of allylic oxidation sites excluding steroid dienone is 1.